The fourth-order valence-corrected chi connectivity index (χ4v) is 8.38. The summed E-state index contributed by atoms with van der Waals surface area (Å²) in [5.41, 5.74) is 1.78. The van der Waals surface area contributed by atoms with Crippen molar-refractivity contribution in [3.8, 4) is 0 Å². The second-order valence-corrected chi connectivity index (χ2v) is 17.3. The number of alkyl halides is 4. The lowest BCUT2D eigenvalue weighted by atomic mass is 10.2. The Morgan fingerprint density at radius 3 is 1.23 bits per heavy atom. The molecule has 0 aliphatic heterocycles. The monoisotopic (exact) mass is 1070 g/mol. The molecule has 3 nitrogen and oxygen atoms in total. The highest BCUT2D eigenvalue weighted by Gasteiger charge is 2.31. The van der Waals surface area contributed by atoms with Gasteiger partial charge in [0, 0.05) is 38.0 Å². The minimum Gasteiger partial charge on any atom is -0.377 e. The molecule has 0 aliphatic carbocycles. The van der Waals surface area contributed by atoms with Gasteiger partial charge < -0.3 is 14.2 Å². The summed E-state index contributed by atoms with van der Waals surface area (Å²) in [6.45, 7) is 1.55. The Bertz CT molecular complexity index is 846. The molecule has 0 spiro atoms. The van der Waals surface area contributed by atoms with Crippen LogP contribution >= 0.6 is 159 Å². The van der Waals surface area contributed by atoms with Gasteiger partial charge in [-0.25, -0.2) is 0 Å². The molecule has 0 N–H and O–H groups in total. The van der Waals surface area contributed by atoms with Crippen molar-refractivity contribution < 1.29 is 14.2 Å². The van der Waals surface area contributed by atoms with Crippen LogP contribution in [0.3, 0.4) is 0 Å². The lowest BCUT2D eigenvalue weighted by Gasteiger charge is -2.24. The molecule has 0 unspecified atom stereocenters. The SMILES string of the molecule is Brc1ccc(C(Br)(Br)OCCOCCOC(Br)(Br)c2ccc(Br)c(Br)c2Br)c(Br)c1Br. The number of halogens is 10. The summed E-state index contributed by atoms with van der Waals surface area (Å²) < 4.78 is 21.2. The topological polar surface area (TPSA) is 27.7 Å². The molecule has 0 bridgehead atoms. The standard InChI is InChI=1S/C18H12Br10O3/c19-11-3-1-9(13(21)15(11)23)17(25,26)30-7-5-29-6-8-31-18(27,28)10-2-4-12(20)16(24)14(10)22/h1-4H,5-8H2. The normalized spacial score (nSPS) is 12.5. The Morgan fingerprint density at radius 2 is 0.871 bits per heavy atom. The fourth-order valence-electron chi connectivity index (χ4n) is 2.22. The van der Waals surface area contributed by atoms with Crippen molar-refractivity contribution >= 4 is 159 Å². The van der Waals surface area contributed by atoms with E-state index >= 15 is 0 Å². The fraction of sp³-hybridized carbons (Fsp3) is 0.333. The third-order valence-electron chi connectivity index (χ3n) is 3.72. The van der Waals surface area contributed by atoms with Crippen LogP contribution in [0.5, 0.6) is 0 Å². The first-order chi connectivity index (χ1) is 14.4. The molecule has 2 aromatic carbocycles. The molecule has 0 radical (unpaired) electrons. The summed E-state index contributed by atoms with van der Waals surface area (Å²) in [6.07, 6.45) is 0. The van der Waals surface area contributed by atoms with Crippen LogP contribution in [0.2, 0.25) is 0 Å². The number of hydrogen-bond acceptors (Lipinski definition) is 3. The van der Waals surface area contributed by atoms with Crippen molar-refractivity contribution in [2.75, 3.05) is 26.4 Å². The summed E-state index contributed by atoms with van der Waals surface area (Å²) in [7, 11) is 0. The average Bonchev–Trinajstić information content (AvgIpc) is 2.69. The quantitative estimate of drug-likeness (QED) is 0.135. The van der Waals surface area contributed by atoms with Gasteiger partial charge in [-0.2, -0.15) is 0 Å². The van der Waals surface area contributed by atoms with E-state index in [1.54, 1.807) is 0 Å². The molecule has 0 saturated heterocycles. The second kappa shape index (κ2) is 13.6. The van der Waals surface area contributed by atoms with E-state index in [0.29, 0.717) is 26.4 Å². The summed E-state index contributed by atoms with van der Waals surface area (Å²) in [5.74, 6) is 0. The number of ether oxygens (including phenoxy) is 3. The molecule has 172 valence electrons. The van der Waals surface area contributed by atoms with Gasteiger partial charge in [0.25, 0.3) is 0 Å². The van der Waals surface area contributed by atoms with Gasteiger partial charge in [0.15, 0.2) is 0 Å². The van der Waals surface area contributed by atoms with Crippen LogP contribution in [0.4, 0.5) is 0 Å². The third-order valence-corrected chi connectivity index (χ3v) is 13.1. The smallest absolute Gasteiger partial charge is 0.204 e. The molecule has 0 heterocycles. The number of benzene rings is 2. The van der Waals surface area contributed by atoms with Crippen LogP contribution in [0.1, 0.15) is 11.1 Å². The van der Waals surface area contributed by atoms with Crippen LogP contribution in [0.25, 0.3) is 0 Å². The van der Waals surface area contributed by atoms with Crippen molar-refractivity contribution in [3.05, 3.63) is 62.2 Å². The summed E-state index contributed by atoms with van der Waals surface area (Å²) in [5, 5.41) is 0. The van der Waals surface area contributed by atoms with Gasteiger partial charge in [0.1, 0.15) is 0 Å². The van der Waals surface area contributed by atoms with Gasteiger partial charge in [-0.05, 0) is 171 Å². The van der Waals surface area contributed by atoms with Crippen LogP contribution in [-0.2, 0) is 21.0 Å². The predicted molar refractivity (Wildman–Crippen MR) is 161 cm³/mol. The molecule has 0 saturated carbocycles. The van der Waals surface area contributed by atoms with Crippen LogP contribution in [0, 0.1) is 0 Å². The number of rotatable bonds is 10. The summed E-state index contributed by atoms with van der Waals surface area (Å²) in [6, 6.07) is 7.77. The Balaban J connectivity index is 1.79. The van der Waals surface area contributed by atoms with Crippen molar-refractivity contribution in [2.45, 2.75) is 6.84 Å². The van der Waals surface area contributed by atoms with E-state index in [0.717, 1.165) is 38.0 Å². The number of hydrogen-bond donors (Lipinski definition) is 0. The van der Waals surface area contributed by atoms with E-state index < -0.39 is 6.84 Å². The van der Waals surface area contributed by atoms with E-state index in [2.05, 4.69) is 159 Å². The average molecular weight is 1080 g/mol. The van der Waals surface area contributed by atoms with Crippen LogP contribution in [-0.4, -0.2) is 26.4 Å². The minimum atomic E-state index is -0.843. The second-order valence-electron chi connectivity index (χ2n) is 5.79. The van der Waals surface area contributed by atoms with Crippen LogP contribution in [0.15, 0.2) is 51.1 Å². The zero-order chi connectivity index (χ0) is 23.4. The maximum absolute atomic E-state index is 5.92. The zero-order valence-corrected chi connectivity index (χ0v) is 31.0. The van der Waals surface area contributed by atoms with Crippen molar-refractivity contribution in [3.63, 3.8) is 0 Å². The molecular formula is C18H12Br10O3. The van der Waals surface area contributed by atoms with Gasteiger partial charge in [-0.1, -0.05) is 12.1 Å². The first-order valence-electron chi connectivity index (χ1n) is 8.27. The molecule has 0 aromatic heterocycles. The van der Waals surface area contributed by atoms with Gasteiger partial charge in [0.05, 0.1) is 26.4 Å². The van der Waals surface area contributed by atoms with Crippen LogP contribution < -0.4 is 0 Å². The Labute approximate surface area is 265 Å². The molecule has 31 heavy (non-hydrogen) atoms. The maximum Gasteiger partial charge on any atom is 0.204 e. The first kappa shape index (κ1) is 30.3. The Kier molecular flexibility index (Phi) is 13.3. The molecule has 0 atom stereocenters. The highest BCUT2D eigenvalue weighted by Crippen LogP contribution is 2.47. The largest absolute Gasteiger partial charge is 0.377 e. The molecule has 2 rings (SSSR count). The lowest BCUT2D eigenvalue weighted by Crippen LogP contribution is -2.21. The van der Waals surface area contributed by atoms with Gasteiger partial charge in [-0.3, -0.25) is 0 Å². The van der Waals surface area contributed by atoms with E-state index in [9.17, 15) is 0 Å². The van der Waals surface area contributed by atoms with Gasteiger partial charge >= 0.3 is 0 Å². The third kappa shape index (κ3) is 8.59. The van der Waals surface area contributed by atoms with Crippen molar-refractivity contribution in [1.82, 2.24) is 0 Å². The highest BCUT2D eigenvalue weighted by atomic mass is 79.9. The van der Waals surface area contributed by atoms with Crippen molar-refractivity contribution in [2.24, 2.45) is 0 Å². The molecule has 2 aromatic rings. The zero-order valence-electron chi connectivity index (χ0n) is 15.1. The predicted octanol–water partition coefficient (Wildman–Crippen LogP) is 10.8. The molecule has 0 aliphatic rings. The molecule has 0 amide bonds. The van der Waals surface area contributed by atoms with E-state index in [4.69, 9.17) is 14.2 Å². The van der Waals surface area contributed by atoms with Crippen molar-refractivity contribution in [1.29, 1.82) is 0 Å². The maximum atomic E-state index is 5.92. The lowest BCUT2D eigenvalue weighted by molar-refractivity contribution is -0.00408. The van der Waals surface area contributed by atoms with E-state index in [1.807, 2.05) is 24.3 Å². The highest BCUT2D eigenvalue weighted by molar-refractivity contribution is 9.25. The minimum absolute atomic E-state index is 0.371. The van der Waals surface area contributed by atoms with Gasteiger partial charge in [-0.15, -0.1) is 0 Å². The molecule has 13 heteroatoms. The Hall–Kier alpha value is 3.12. The first-order valence-corrected chi connectivity index (χ1v) is 16.2. The summed E-state index contributed by atoms with van der Waals surface area (Å²) in [4.78, 5) is 0. The van der Waals surface area contributed by atoms with Gasteiger partial charge in [0.2, 0.25) is 6.84 Å². The molecule has 0 fully saturated rings. The van der Waals surface area contributed by atoms with E-state index in [1.165, 1.54) is 0 Å². The van der Waals surface area contributed by atoms with E-state index in [-0.39, 0.29) is 0 Å². The molecular weight excluding hydrogens is 1060 g/mol. The summed E-state index contributed by atoms with van der Waals surface area (Å²) >= 11 is 35.5. The Morgan fingerprint density at radius 1 is 0.516 bits per heavy atom.